The predicted molar refractivity (Wildman–Crippen MR) is 111 cm³/mol. The Kier molecular flexibility index (Phi) is 4.13. The Labute approximate surface area is 160 Å². The van der Waals surface area contributed by atoms with E-state index in [1.54, 1.807) is 0 Å². The predicted octanol–water partition coefficient (Wildman–Crippen LogP) is 3.34. The van der Waals surface area contributed by atoms with E-state index in [2.05, 4.69) is 48.2 Å². The molecule has 1 aliphatic heterocycles. The van der Waals surface area contributed by atoms with Gasteiger partial charge in [-0.25, -0.2) is 9.98 Å². The molecule has 0 atom stereocenters. The lowest BCUT2D eigenvalue weighted by Crippen LogP contribution is -2.58. The van der Waals surface area contributed by atoms with Crippen LogP contribution in [0, 0.1) is 13.8 Å². The van der Waals surface area contributed by atoms with Gasteiger partial charge in [-0.05, 0) is 70.6 Å². The second kappa shape index (κ2) is 6.25. The van der Waals surface area contributed by atoms with Crippen LogP contribution in [0.2, 0.25) is 0 Å². The first kappa shape index (κ1) is 17.8. The van der Waals surface area contributed by atoms with Crippen LogP contribution in [0.5, 0.6) is 0 Å². The molecule has 1 fully saturated rings. The third kappa shape index (κ3) is 2.67. The molecule has 2 aliphatic rings. The quantitative estimate of drug-likeness (QED) is 0.850. The fourth-order valence-corrected chi connectivity index (χ4v) is 4.50. The molecule has 1 spiro atoms. The van der Waals surface area contributed by atoms with Crippen molar-refractivity contribution in [3.63, 3.8) is 0 Å². The van der Waals surface area contributed by atoms with Gasteiger partial charge in [0.05, 0.1) is 17.5 Å². The fourth-order valence-electron chi connectivity index (χ4n) is 4.50. The molecule has 2 heterocycles. The van der Waals surface area contributed by atoms with Crippen molar-refractivity contribution in [1.29, 1.82) is 0 Å². The summed E-state index contributed by atoms with van der Waals surface area (Å²) in [6.45, 7) is 8.60. The molecule has 0 amide bonds. The average molecular weight is 368 g/mol. The van der Waals surface area contributed by atoms with Gasteiger partial charge < -0.3 is 16.0 Å². The number of guanidine groups is 2. The van der Waals surface area contributed by atoms with Gasteiger partial charge in [-0.2, -0.15) is 4.99 Å². The average Bonchev–Trinajstić information content (AvgIpc) is 3.01. The molecule has 1 aromatic heterocycles. The van der Waals surface area contributed by atoms with Crippen molar-refractivity contribution in [2.75, 3.05) is 4.90 Å². The summed E-state index contributed by atoms with van der Waals surface area (Å²) in [5.41, 5.74) is 17.5. The van der Waals surface area contributed by atoms with Gasteiger partial charge in [0, 0.05) is 6.04 Å². The van der Waals surface area contributed by atoms with Gasteiger partial charge in [0.2, 0.25) is 11.9 Å². The van der Waals surface area contributed by atoms with Crippen molar-refractivity contribution in [2.24, 2.45) is 21.5 Å². The molecule has 27 heavy (non-hydrogen) atoms. The van der Waals surface area contributed by atoms with E-state index in [-0.39, 0.29) is 5.96 Å². The summed E-state index contributed by atoms with van der Waals surface area (Å²) in [5, 5.41) is 0. The number of nitrogens with zero attached hydrogens (tertiary/aromatic N) is 5. The van der Waals surface area contributed by atoms with Crippen molar-refractivity contribution < 1.29 is 0 Å². The number of nitrogens with two attached hydrogens (primary N) is 2. The van der Waals surface area contributed by atoms with Crippen LogP contribution in [0.15, 0.2) is 22.4 Å². The molecule has 1 aromatic carbocycles. The van der Waals surface area contributed by atoms with E-state index in [4.69, 9.17) is 21.4 Å². The Morgan fingerprint density at radius 1 is 1.11 bits per heavy atom. The van der Waals surface area contributed by atoms with Gasteiger partial charge in [0.25, 0.3) is 0 Å². The number of anilines is 1. The van der Waals surface area contributed by atoms with Crippen molar-refractivity contribution in [1.82, 2.24) is 9.55 Å². The number of fused-ring (bicyclic) bond motifs is 1. The molecule has 4 rings (SSSR count). The summed E-state index contributed by atoms with van der Waals surface area (Å²) in [6, 6.07) is 2.54. The Morgan fingerprint density at radius 2 is 1.81 bits per heavy atom. The SMILES string of the molecule is Cc1cc2c(ncn2C(C)C)c(N2C(N)=NC(N)=NC23CCCCC3)c1C. The van der Waals surface area contributed by atoms with Crippen LogP contribution in [-0.2, 0) is 0 Å². The standard InChI is InChI=1S/C20H29N7/c1-12(2)26-11-23-16-15(26)10-13(3)14(4)17(16)27-19(22)24-18(21)25-20(27)8-6-5-7-9-20/h10-12H,5-9H2,1-4H3,(H4,21,22,24,25). The lowest BCUT2D eigenvalue weighted by Gasteiger charge is -2.46. The zero-order chi connectivity index (χ0) is 19.3. The highest BCUT2D eigenvalue weighted by atomic mass is 15.4. The number of rotatable bonds is 2. The van der Waals surface area contributed by atoms with E-state index >= 15 is 0 Å². The summed E-state index contributed by atoms with van der Waals surface area (Å²) in [5.74, 6) is 0.693. The maximum absolute atomic E-state index is 6.46. The molecule has 4 N–H and O–H groups in total. The van der Waals surface area contributed by atoms with Gasteiger partial charge in [0.1, 0.15) is 11.2 Å². The van der Waals surface area contributed by atoms with Gasteiger partial charge in [0.15, 0.2) is 0 Å². The van der Waals surface area contributed by atoms with Crippen LogP contribution in [0.25, 0.3) is 11.0 Å². The van der Waals surface area contributed by atoms with E-state index in [0.29, 0.717) is 12.0 Å². The third-order valence-corrected chi connectivity index (χ3v) is 5.99. The van der Waals surface area contributed by atoms with Crippen LogP contribution < -0.4 is 16.4 Å². The summed E-state index contributed by atoms with van der Waals surface area (Å²) in [6.07, 6.45) is 7.18. The normalized spacial score (nSPS) is 19.7. The van der Waals surface area contributed by atoms with Gasteiger partial charge in [-0.1, -0.05) is 6.42 Å². The second-order valence-electron chi connectivity index (χ2n) is 8.10. The van der Waals surface area contributed by atoms with Crippen LogP contribution in [0.3, 0.4) is 0 Å². The van der Waals surface area contributed by atoms with E-state index in [0.717, 1.165) is 48.0 Å². The van der Waals surface area contributed by atoms with Gasteiger partial charge >= 0.3 is 0 Å². The minimum atomic E-state index is -0.457. The molecule has 144 valence electrons. The van der Waals surface area contributed by atoms with Crippen LogP contribution >= 0.6 is 0 Å². The Bertz CT molecular complexity index is 945. The highest BCUT2D eigenvalue weighted by Gasteiger charge is 2.44. The lowest BCUT2D eigenvalue weighted by atomic mass is 9.86. The minimum absolute atomic E-state index is 0.278. The second-order valence-corrected chi connectivity index (χ2v) is 8.10. The maximum atomic E-state index is 6.46. The number of hydrogen-bond acceptors (Lipinski definition) is 6. The zero-order valence-corrected chi connectivity index (χ0v) is 16.7. The van der Waals surface area contributed by atoms with Crippen molar-refractivity contribution in [2.45, 2.75) is 71.5 Å². The number of benzene rings is 1. The Balaban J connectivity index is 2.00. The molecule has 2 aromatic rings. The van der Waals surface area contributed by atoms with Gasteiger partial charge in [-0.3, -0.25) is 4.90 Å². The topological polar surface area (TPSA) is 97.8 Å². The van der Waals surface area contributed by atoms with E-state index in [9.17, 15) is 0 Å². The number of aryl methyl sites for hydroxylation is 1. The number of hydrogen-bond donors (Lipinski definition) is 2. The minimum Gasteiger partial charge on any atom is -0.369 e. The maximum Gasteiger partial charge on any atom is 0.220 e. The molecule has 0 bridgehead atoms. The first-order chi connectivity index (χ1) is 12.8. The van der Waals surface area contributed by atoms with Crippen molar-refractivity contribution >= 4 is 28.6 Å². The molecule has 0 unspecified atom stereocenters. The highest BCUT2D eigenvalue weighted by molar-refractivity contribution is 6.10. The molecule has 7 heteroatoms. The Hall–Kier alpha value is -2.57. The molecule has 0 radical (unpaired) electrons. The largest absolute Gasteiger partial charge is 0.369 e. The van der Waals surface area contributed by atoms with E-state index < -0.39 is 5.66 Å². The molecule has 1 saturated carbocycles. The van der Waals surface area contributed by atoms with E-state index in [1.165, 1.54) is 12.0 Å². The first-order valence-corrected chi connectivity index (χ1v) is 9.80. The smallest absolute Gasteiger partial charge is 0.220 e. The van der Waals surface area contributed by atoms with Crippen LogP contribution in [0.1, 0.15) is 63.1 Å². The summed E-state index contributed by atoms with van der Waals surface area (Å²) >= 11 is 0. The zero-order valence-electron chi connectivity index (χ0n) is 16.7. The Morgan fingerprint density at radius 3 is 2.48 bits per heavy atom. The third-order valence-electron chi connectivity index (χ3n) is 5.99. The molecule has 7 nitrogen and oxygen atoms in total. The van der Waals surface area contributed by atoms with Crippen molar-refractivity contribution in [3.05, 3.63) is 23.5 Å². The molecular formula is C20H29N7. The number of aromatic nitrogens is 2. The van der Waals surface area contributed by atoms with Crippen LogP contribution in [-0.4, -0.2) is 27.1 Å². The first-order valence-electron chi connectivity index (χ1n) is 9.80. The number of aliphatic imine (C=N–C) groups is 2. The van der Waals surface area contributed by atoms with Crippen LogP contribution in [0.4, 0.5) is 5.69 Å². The summed E-state index contributed by atoms with van der Waals surface area (Å²) in [4.78, 5) is 16.0. The number of imidazole rings is 1. The van der Waals surface area contributed by atoms with Crippen molar-refractivity contribution in [3.8, 4) is 0 Å². The molecule has 1 aliphatic carbocycles. The summed E-state index contributed by atoms with van der Waals surface area (Å²) < 4.78 is 2.20. The monoisotopic (exact) mass is 367 g/mol. The van der Waals surface area contributed by atoms with E-state index in [1.807, 2.05) is 6.33 Å². The summed E-state index contributed by atoms with van der Waals surface area (Å²) in [7, 11) is 0. The molecular weight excluding hydrogens is 338 g/mol. The lowest BCUT2D eigenvalue weighted by molar-refractivity contribution is 0.305. The molecule has 0 saturated heterocycles. The van der Waals surface area contributed by atoms with Gasteiger partial charge in [-0.15, -0.1) is 0 Å². The fraction of sp³-hybridized carbons (Fsp3) is 0.550. The highest BCUT2D eigenvalue weighted by Crippen LogP contribution is 2.43.